The van der Waals surface area contributed by atoms with Gasteiger partial charge in [0, 0.05) is 5.92 Å². The van der Waals surface area contributed by atoms with Crippen LogP contribution < -0.4 is 16.0 Å². The van der Waals surface area contributed by atoms with E-state index in [1.807, 2.05) is 19.1 Å². The molecule has 0 spiro atoms. The van der Waals surface area contributed by atoms with Gasteiger partial charge < -0.3 is 10.2 Å². The number of hydrogen-bond donors (Lipinski definition) is 2. The molecule has 2 aromatic rings. The first-order valence-electron chi connectivity index (χ1n) is 6.46. The van der Waals surface area contributed by atoms with Crippen LogP contribution in [0.1, 0.15) is 30.1 Å². The summed E-state index contributed by atoms with van der Waals surface area (Å²) in [6.07, 6.45) is 2.22. The molecule has 0 radical (unpaired) electrons. The number of nitrogens with one attached hydrogen (secondary N) is 1. The number of benzene rings is 1. The van der Waals surface area contributed by atoms with Gasteiger partial charge in [0.2, 0.25) is 5.88 Å². The van der Waals surface area contributed by atoms with Crippen LogP contribution in [0.4, 0.5) is 5.82 Å². The Labute approximate surface area is 122 Å². The Morgan fingerprint density at radius 1 is 1.30 bits per heavy atom. The molecule has 0 saturated heterocycles. The molecule has 0 atom stereocenters. The van der Waals surface area contributed by atoms with E-state index in [-0.39, 0.29) is 0 Å². The average molecular weight is 291 g/mol. The summed E-state index contributed by atoms with van der Waals surface area (Å²) in [4.78, 5) is 8.91. The summed E-state index contributed by atoms with van der Waals surface area (Å²) in [5.74, 6) is 8.34. The molecule has 20 heavy (non-hydrogen) atoms. The van der Waals surface area contributed by atoms with Crippen LogP contribution in [0, 0.1) is 6.92 Å². The summed E-state index contributed by atoms with van der Waals surface area (Å²) in [5.41, 5.74) is 3.36. The van der Waals surface area contributed by atoms with Crippen LogP contribution in [-0.2, 0) is 0 Å². The van der Waals surface area contributed by atoms with Gasteiger partial charge in [-0.15, -0.1) is 0 Å². The van der Waals surface area contributed by atoms with Crippen molar-refractivity contribution in [2.75, 3.05) is 5.43 Å². The van der Waals surface area contributed by atoms with Gasteiger partial charge in [-0.25, -0.2) is 10.8 Å². The van der Waals surface area contributed by atoms with Gasteiger partial charge in [-0.3, -0.25) is 0 Å². The molecule has 1 heterocycles. The molecule has 6 heteroatoms. The Balaban J connectivity index is 1.99. The van der Waals surface area contributed by atoms with E-state index in [0.29, 0.717) is 28.4 Å². The maximum atomic E-state index is 6.11. The molecule has 0 bridgehead atoms. The standard InChI is InChI=1S/C14H15ClN4O/c1-8-12(19-16)17-13(9-6-7-9)18-14(8)20-11-5-3-2-4-10(11)15/h2-5,9H,6-7,16H2,1H3,(H,17,18,19). The van der Waals surface area contributed by atoms with Crippen molar-refractivity contribution in [1.82, 2.24) is 9.97 Å². The molecule has 1 aliphatic rings. The van der Waals surface area contributed by atoms with Crippen molar-refractivity contribution >= 4 is 17.4 Å². The van der Waals surface area contributed by atoms with E-state index in [9.17, 15) is 0 Å². The van der Waals surface area contributed by atoms with Gasteiger partial charge in [-0.2, -0.15) is 4.98 Å². The highest BCUT2D eigenvalue weighted by Crippen LogP contribution is 2.40. The minimum Gasteiger partial charge on any atom is -0.437 e. The minimum atomic E-state index is 0.413. The second-order valence-electron chi connectivity index (χ2n) is 4.81. The lowest BCUT2D eigenvalue weighted by Crippen LogP contribution is -2.13. The monoisotopic (exact) mass is 290 g/mol. The fourth-order valence-electron chi connectivity index (χ4n) is 1.91. The molecule has 0 unspecified atom stereocenters. The van der Waals surface area contributed by atoms with Crippen molar-refractivity contribution in [2.45, 2.75) is 25.7 Å². The quantitative estimate of drug-likeness (QED) is 0.667. The Morgan fingerprint density at radius 2 is 2.05 bits per heavy atom. The molecule has 104 valence electrons. The zero-order valence-corrected chi connectivity index (χ0v) is 11.8. The summed E-state index contributed by atoms with van der Waals surface area (Å²) < 4.78 is 5.82. The number of anilines is 1. The third kappa shape index (κ3) is 2.55. The van der Waals surface area contributed by atoms with Crippen LogP contribution in [0.2, 0.25) is 5.02 Å². The van der Waals surface area contributed by atoms with Gasteiger partial charge in [-0.05, 0) is 31.9 Å². The number of halogens is 1. The smallest absolute Gasteiger partial charge is 0.227 e. The van der Waals surface area contributed by atoms with Crippen LogP contribution >= 0.6 is 11.6 Å². The molecular weight excluding hydrogens is 276 g/mol. The maximum Gasteiger partial charge on any atom is 0.227 e. The van der Waals surface area contributed by atoms with E-state index in [4.69, 9.17) is 22.2 Å². The first-order valence-corrected chi connectivity index (χ1v) is 6.84. The average Bonchev–Trinajstić information content (AvgIpc) is 3.28. The predicted molar refractivity (Wildman–Crippen MR) is 78.1 cm³/mol. The second-order valence-corrected chi connectivity index (χ2v) is 5.22. The number of nitrogens with zero attached hydrogens (tertiary/aromatic N) is 2. The number of nitrogen functional groups attached to an aromatic ring is 1. The number of ether oxygens (including phenoxy) is 1. The number of aromatic nitrogens is 2. The molecule has 5 nitrogen and oxygen atoms in total. The molecular formula is C14H15ClN4O. The third-order valence-electron chi connectivity index (χ3n) is 3.24. The highest BCUT2D eigenvalue weighted by molar-refractivity contribution is 6.32. The van der Waals surface area contributed by atoms with Crippen molar-refractivity contribution in [3.05, 3.63) is 40.7 Å². The van der Waals surface area contributed by atoms with E-state index in [2.05, 4.69) is 15.4 Å². The Morgan fingerprint density at radius 3 is 2.70 bits per heavy atom. The first-order chi connectivity index (χ1) is 9.69. The normalized spacial score (nSPS) is 14.2. The van der Waals surface area contributed by atoms with E-state index >= 15 is 0 Å². The molecule has 1 aromatic heterocycles. The Bertz CT molecular complexity index is 643. The van der Waals surface area contributed by atoms with Crippen molar-refractivity contribution in [3.8, 4) is 11.6 Å². The number of para-hydroxylation sites is 1. The fourth-order valence-corrected chi connectivity index (χ4v) is 2.08. The lowest BCUT2D eigenvalue weighted by molar-refractivity contribution is 0.455. The predicted octanol–water partition coefficient (Wildman–Crippen LogP) is 3.39. The van der Waals surface area contributed by atoms with Crippen molar-refractivity contribution in [1.29, 1.82) is 0 Å². The highest BCUT2D eigenvalue weighted by Gasteiger charge is 2.28. The zero-order valence-electron chi connectivity index (χ0n) is 11.1. The van der Waals surface area contributed by atoms with E-state index < -0.39 is 0 Å². The number of hydrazine groups is 1. The summed E-state index contributed by atoms with van der Waals surface area (Å²) in [5, 5.41) is 0.542. The van der Waals surface area contributed by atoms with Crippen LogP contribution in [0.15, 0.2) is 24.3 Å². The van der Waals surface area contributed by atoms with Crippen molar-refractivity contribution in [3.63, 3.8) is 0 Å². The van der Waals surface area contributed by atoms with Crippen LogP contribution in [0.25, 0.3) is 0 Å². The van der Waals surface area contributed by atoms with Gasteiger partial charge in [-0.1, -0.05) is 23.7 Å². The van der Waals surface area contributed by atoms with Crippen LogP contribution in [0.5, 0.6) is 11.6 Å². The van der Waals surface area contributed by atoms with Crippen molar-refractivity contribution < 1.29 is 4.74 Å². The number of rotatable bonds is 4. The maximum absolute atomic E-state index is 6.11. The number of nitrogens with two attached hydrogens (primary N) is 1. The van der Waals surface area contributed by atoms with E-state index in [1.165, 1.54) is 0 Å². The Hall–Kier alpha value is -1.85. The lowest BCUT2D eigenvalue weighted by atomic mass is 10.3. The SMILES string of the molecule is Cc1c(NN)nc(C2CC2)nc1Oc1ccccc1Cl. The molecule has 1 aliphatic carbocycles. The summed E-state index contributed by atoms with van der Waals surface area (Å²) in [6, 6.07) is 7.29. The minimum absolute atomic E-state index is 0.413. The Kier molecular flexibility index (Phi) is 3.46. The first kappa shape index (κ1) is 13.1. The van der Waals surface area contributed by atoms with E-state index in [0.717, 1.165) is 24.2 Å². The molecule has 3 N–H and O–H groups in total. The van der Waals surface area contributed by atoms with Gasteiger partial charge in [0.25, 0.3) is 0 Å². The molecule has 0 aliphatic heterocycles. The highest BCUT2D eigenvalue weighted by atomic mass is 35.5. The molecule has 3 rings (SSSR count). The fraction of sp³-hybridized carbons (Fsp3) is 0.286. The van der Waals surface area contributed by atoms with Gasteiger partial charge in [0.15, 0.2) is 5.82 Å². The van der Waals surface area contributed by atoms with Gasteiger partial charge in [0.05, 0.1) is 10.6 Å². The lowest BCUT2D eigenvalue weighted by Gasteiger charge is -2.13. The van der Waals surface area contributed by atoms with Gasteiger partial charge >= 0.3 is 0 Å². The molecule has 1 fully saturated rings. The molecule has 0 amide bonds. The second kappa shape index (κ2) is 5.26. The van der Waals surface area contributed by atoms with Crippen LogP contribution in [0.3, 0.4) is 0 Å². The van der Waals surface area contributed by atoms with Crippen LogP contribution in [-0.4, -0.2) is 9.97 Å². The van der Waals surface area contributed by atoms with Gasteiger partial charge in [0.1, 0.15) is 11.6 Å². The third-order valence-corrected chi connectivity index (χ3v) is 3.55. The number of hydrogen-bond acceptors (Lipinski definition) is 5. The summed E-state index contributed by atoms with van der Waals surface area (Å²) in [6.45, 7) is 1.86. The summed E-state index contributed by atoms with van der Waals surface area (Å²) in [7, 11) is 0. The zero-order chi connectivity index (χ0) is 14.1. The summed E-state index contributed by atoms with van der Waals surface area (Å²) >= 11 is 6.11. The molecule has 1 aromatic carbocycles. The molecule has 1 saturated carbocycles. The van der Waals surface area contributed by atoms with E-state index in [1.54, 1.807) is 12.1 Å². The topological polar surface area (TPSA) is 73.1 Å². The largest absolute Gasteiger partial charge is 0.437 e. The van der Waals surface area contributed by atoms with Crippen molar-refractivity contribution in [2.24, 2.45) is 5.84 Å².